The molecule has 0 bridgehead atoms. The van der Waals surface area contributed by atoms with Crippen molar-refractivity contribution in [1.29, 1.82) is 0 Å². The lowest BCUT2D eigenvalue weighted by atomic mass is 9.92. The van der Waals surface area contributed by atoms with Crippen LogP contribution >= 0.6 is 11.3 Å². The van der Waals surface area contributed by atoms with Gasteiger partial charge in [0.1, 0.15) is 5.54 Å². The fourth-order valence-corrected chi connectivity index (χ4v) is 4.19. The molecule has 108 valence electrons. The summed E-state index contributed by atoms with van der Waals surface area (Å²) in [4.78, 5) is 27.8. The molecule has 1 aromatic rings. The Bertz CT molecular complexity index is 506. The number of hydrogen-bond donors (Lipinski definition) is 1. The quantitative estimate of drug-likeness (QED) is 0.925. The molecule has 2 aliphatic rings. The summed E-state index contributed by atoms with van der Waals surface area (Å²) in [6.45, 7) is 2.24. The van der Waals surface area contributed by atoms with Gasteiger partial charge in [-0.1, -0.05) is 18.9 Å². The monoisotopic (exact) mass is 292 g/mol. The van der Waals surface area contributed by atoms with Gasteiger partial charge in [0.05, 0.1) is 6.54 Å². The van der Waals surface area contributed by atoms with E-state index in [0.29, 0.717) is 0 Å². The number of thiophene rings is 1. The van der Waals surface area contributed by atoms with E-state index < -0.39 is 5.54 Å². The Morgan fingerprint density at radius 1 is 1.40 bits per heavy atom. The molecule has 1 N–H and O–H groups in total. The van der Waals surface area contributed by atoms with Crippen LogP contribution in [-0.4, -0.2) is 34.8 Å². The molecule has 1 spiro atoms. The Balaban J connectivity index is 1.77. The maximum atomic E-state index is 12.8. The second-order valence-corrected chi connectivity index (χ2v) is 6.94. The number of amides is 2. The number of piperazine rings is 1. The van der Waals surface area contributed by atoms with Gasteiger partial charge in [-0.2, -0.15) is 0 Å². The standard InChI is InChI=1S/C15H20N2O2S/c1-11(9-12-5-4-8-20-12)17-10-13(18)16-15(14(17)19)6-2-3-7-15/h4-5,8,11H,2-3,6-7,9-10H2,1H3,(H,16,18). The number of carbonyl (C=O) groups is 2. The molecule has 1 atom stereocenters. The lowest BCUT2D eigenvalue weighted by molar-refractivity contribution is -0.151. The van der Waals surface area contributed by atoms with Crippen molar-refractivity contribution in [2.24, 2.45) is 0 Å². The van der Waals surface area contributed by atoms with Crippen molar-refractivity contribution < 1.29 is 9.59 Å². The van der Waals surface area contributed by atoms with Crippen molar-refractivity contribution in [3.63, 3.8) is 0 Å². The number of nitrogens with one attached hydrogen (secondary N) is 1. The first kappa shape index (κ1) is 13.6. The predicted molar refractivity (Wildman–Crippen MR) is 78.5 cm³/mol. The van der Waals surface area contributed by atoms with Crippen LogP contribution in [0.5, 0.6) is 0 Å². The molecule has 0 aromatic carbocycles. The minimum atomic E-state index is -0.598. The van der Waals surface area contributed by atoms with E-state index in [2.05, 4.69) is 11.4 Å². The number of hydrogen-bond acceptors (Lipinski definition) is 3. The molecule has 1 unspecified atom stereocenters. The van der Waals surface area contributed by atoms with Crippen LogP contribution < -0.4 is 5.32 Å². The second-order valence-electron chi connectivity index (χ2n) is 5.90. The third-order valence-electron chi connectivity index (χ3n) is 4.43. The molecule has 1 aliphatic carbocycles. The van der Waals surface area contributed by atoms with Crippen molar-refractivity contribution in [2.75, 3.05) is 6.54 Å². The van der Waals surface area contributed by atoms with Crippen LogP contribution in [0.4, 0.5) is 0 Å². The molecule has 1 aliphatic heterocycles. The summed E-state index contributed by atoms with van der Waals surface area (Å²) in [5.41, 5.74) is -0.598. The molecule has 4 nitrogen and oxygen atoms in total. The third-order valence-corrected chi connectivity index (χ3v) is 5.33. The Hall–Kier alpha value is -1.36. The smallest absolute Gasteiger partial charge is 0.249 e. The summed E-state index contributed by atoms with van der Waals surface area (Å²) in [6.07, 6.45) is 4.46. The van der Waals surface area contributed by atoms with Gasteiger partial charge in [-0.25, -0.2) is 0 Å². The number of carbonyl (C=O) groups excluding carboxylic acids is 2. The van der Waals surface area contributed by atoms with E-state index in [-0.39, 0.29) is 24.4 Å². The molecule has 5 heteroatoms. The van der Waals surface area contributed by atoms with Gasteiger partial charge in [0.2, 0.25) is 11.8 Å². The summed E-state index contributed by atoms with van der Waals surface area (Å²) in [5.74, 6) is 0.114. The molecular formula is C15H20N2O2S. The molecule has 3 rings (SSSR count). The van der Waals surface area contributed by atoms with Crippen molar-refractivity contribution in [3.05, 3.63) is 22.4 Å². The van der Waals surface area contributed by atoms with Crippen molar-refractivity contribution in [1.82, 2.24) is 10.2 Å². The lowest BCUT2D eigenvalue weighted by Gasteiger charge is -2.42. The highest BCUT2D eigenvalue weighted by Crippen LogP contribution is 2.34. The van der Waals surface area contributed by atoms with Crippen LogP contribution in [-0.2, 0) is 16.0 Å². The van der Waals surface area contributed by atoms with Crippen molar-refractivity contribution in [3.8, 4) is 0 Å². The maximum absolute atomic E-state index is 12.8. The average molecular weight is 292 g/mol. The van der Waals surface area contributed by atoms with Gasteiger partial charge in [-0.05, 0) is 31.2 Å². The van der Waals surface area contributed by atoms with Gasteiger partial charge in [0, 0.05) is 17.3 Å². The van der Waals surface area contributed by atoms with E-state index in [1.807, 2.05) is 18.4 Å². The third kappa shape index (κ3) is 2.35. The van der Waals surface area contributed by atoms with Crippen LogP contribution in [0.3, 0.4) is 0 Å². The number of nitrogens with zero attached hydrogens (tertiary/aromatic N) is 1. The Morgan fingerprint density at radius 2 is 2.15 bits per heavy atom. The fourth-order valence-electron chi connectivity index (χ4n) is 3.36. The molecule has 1 saturated carbocycles. The fraction of sp³-hybridized carbons (Fsp3) is 0.600. The van der Waals surface area contributed by atoms with E-state index in [9.17, 15) is 9.59 Å². The van der Waals surface area contributed by atoms with Crippen LogP contribution in [0.15, 0.2) is 17.5 Å². The topological polar surface area (TPSA) is 49.4 Å². The molecule has 0 radical (unpaired) electrons. The zero-order chi connectivity index (χ0) is 14.2. The molecule has 2 fully saturated rings. The molecule has 1 aromatic heterocycles. The SMILES string of the molecule is CC(Cc1cccs1)N1CC(=O)NC2(CCCC2)C1=O. The molecule has 2 amide bonds. The van der Waals surface area contributed by atoms with Gasteiger partial charge >= 0.3 is 0 Å². The summed E-state index contributed by atoms with van der Waals surface area (Å²) in [7, 11) is 0. The van der Waals surface area contributed by atoms with Gasteiger partial charge in [-0.15, -0.1) is 11.3 Å². The zero-order valence-corrected chi connectivity index (χ0v) is 12.5. The van der Waals surface area contributed by atoms with E-state index in [0.717, 1.165) is 32.1 Å². The lowest BCUT2D eigenvalue weighted by Crippen LogP contribution is -2.67. The maximum Gasteiger partial charge on any atom is 0.249 e. The Labute approximate surface area is 123 Å². The summed E-state index contributed by atoms with van der Waals surface area (Å²) in [6, 6.07) is 4.18. The number of rotatable bonds is 3. The highest BCUT2D eigenvalue weighted by Gasteiger charge is 2.49. The minimum Gasteiger partial charge on any atom is -0.340 e. The highest BCUT2D eigenvalue weighted by atomic mass is 32.1. The predicted octanol–water partition coefficient (Wildman–Crippen LogP) is 1.95. The van der Waals surface area contributed by atoms with Gasteiger partial charge in [-0.3, -0.25) is 9.59 Å². The van der Waals surface area contributed by atoms with Gasteiger partial charge in [0.15, 0.2) is 0 Å². The van der Waals surface area contributed by atoms with Crippen LogP contribution in [0.2, 0.25) is 0 Å². The van der Waals surface area contributed by atoms with Crippen molar-refractivity contribution in [2.45, 2.75) is 50.6 Å². The molecule has 20 heavy (non-hydrogen) atoms. The first-order chi connectivity index (χ1) is 9.61. The van der Waals surface area contributed by atoms with Gasteiger partial charge in [0.25, 0.3) is 0 Å². The molecular weight excluding hydrogens is 272 g/mol. The summed E-state index contributed by atoms with van der Waals surface area (Å²) < 4.78 is 0. The van der Waals surface area contributed by atoms with Crippen molar-refractivity contribution >= 4 is 23.2 Å². The normalized spacial score (nSPS) is 23.1. The largest absolute Gasteiger partial charge is 0.340 e. The van der Waals surface area contributed by atoms with Crippen LogP contribution in [0, 0.1) is 0 Å². The Morgan fingerprint density at radius 3 is 2.80 bits per heavy atom. The molecule has 2 heterocycles. The summed E-state index contributed by atoms with van der Waals surface area (Å²) in [5, 5.41) is 5.00. The van der Waals surface area contributed by atoms with Crippen LogP contribution in [0.25, 0.3) is 0 Å². The zero-order valence-electron chi connectivity index (χ0n) is 11.7. The highest BCUT2D eigenvalue weighted by molar-refractivity contribution is 7.09. The Kier molecular flexibility index (Phi) is 3.54. The van der Waals surface area contributed by atoms with E-state index in [1.54, 1.807) is 16.2 Å². The molecule has 1 saturated heterocycles. The van der Waals surface area contributed by atoms with E-state index in [4.69, 9.17) is 0 Å². The van der Waals surface area contributed by atoms with E-state index in [1.165, 1.54) is 4.88 Å². The van der Waals surface area contributed by atoms with E-state index >= 15 is 0 Å². The van der Waals surface area contributed by atoms with Gasteiger partial charge < -0.3 is 10.2 Å². The second kappa shape index (κ2) is 5.20. The average Bonchev–Trinajstić information content (AvgIpc) is 3.06. The first-order valence-corrected chi connectivity index (χ1v) is 8.13. The first-order valence-electron chi connectivity index (χ1n) is 7.25. The minimum absolute atomic E-state index is 0.00969. The van der Waals surface area contributed by atoms with Crippen LogP contribution in [0.1, 0.15) is 37.5 Å². The summed E-state index contributed by atoms with van der Waals surface area (Å²) >= 11 is 1.70.